The van der Waals surface area contributed by atoms with Crippen molar-refractivity contribution in [3.8, 4) is 0 Å². The van der Waals surface area contributed by atoms with Crippen molar-refractivity contribution >= 4 is 17.8 Å². The van der Waals surface area contributed by atoms with Crippen LogP contribution in [0.5, 0.6) is 0 Å². The smallest absolute Gasteiger partial charge is 1.00 e. The van der Waals surface area contributed by atoms with Gasteiger partial charge in [0.25, 0.3) is 0 Å². The van der Waals surface area contributed by atoms with Crippen LogP contribution in [0.3, 0.4) is 0 Å². The van der Waals surface area contributed by atoms with Crippen LogP contribution in [-0.2, 0) is 19.1 Å². The summed E-state index contributed by atoms with van der Waals surface area (Å²) in [5.74, 6) is -2.04. The number of ether oxygens (including phenoxy) is 1. The van der Waals surface area contributed by atoms with Crippen LogP contribution in [0, 0.1) is 0 Å². The first-order chi connectivity index (χ1) is 16.5. The molecule has 0 atom stereocenters. The van der Waals surface area contributed by atoms with Gasteiger partial charge in [-0.05, 0) is 6.42 Å². The number of amides is 1. The van der Waals surface area contributed by atoms with Crippen LogP contribution in [0.2, 0.25) is 0 Å². The average molecular weight is 535 g/mol. The quantitative estimate of drug-likeness (QED) is 0.0972. The Morgan fingerprint density at radius 2 is 1.19 bits per heavy atom. The minimum Gasteiger partial charge on any atom is -1.00 e. The SMILES string of the molecule is CCCCCCCCCCCCCCCCCC(=O)NCCN(CCOCC(=O)O)CC(=O)O.[H-].[H-].[Na+].[Na+]. The largest absolute Gasteiger partial charge is 1.00 e. The third-order valence-corrected chi connectivity index (χ3v) is 5.89. The summed E-state index contributed by atoms with van der Waals surface area (Å²) < 4.78 is 4.95. The fourth-order valence-electron chi connectivity index (χ4n) is 3.91. The first-order valence-corrected chi connectivity index (χ1v) is 13.5. The van der Waals surface area contributed by atoms with Crippen molar-refractivity contribution in [1.82, 2.24) is 10.2 Å². The second-order valence-electron chi connectivity index (χ2n) is 9.17. The van der Waals surface area contributed by atoms with Crippen molar-refractivity contribution in [2.75, 3.05) is 39.4 Å². The van der Waals surface area contributed by atoms with Crippen molar-refractivity contribution in [3.63, 3.8) is 0 Å². The van der Waals surface area contributed by atoms with Crippen LogP contribution in [0.1, 0.15) is 113 Å². The van der Waals surface area contributed by atoms with E-state index >= 15 is 0 Å². The Labute approximate surface area is 266 Å². The van der Waals surface area contributed by atoms with E-state index in [1.165, 1.54) is 83.5 Å². The molecule has 0 aliphatic carbocycles. The van der Waals surface area contributed by atoms with Crippen molar-refractivity contribution in [2.24, 2.45) is 0 Å². The van der Waals surface area contributed by atoms with Gasteiger partial charge in [-0.1, -0.05) is 96.8 Å². The molecule has 1 amide bonds. The Bertz CT molecular complexity index is 538. The molecule has 36 heavy (non-hydrogen) atoms. The van der Waals surface area contributed by atoms with Crippen LogP contribution in [0.25, 0.3) is 0 Å². The molecule has 10 heteroatoms. The number of aliphatic carboxylic acids is 2. The maximum Gasteiger partial charge on any atom is 1.00 e. The molecular formula is C26H52N2Na2O6. The minimum absolute atomic E-state index is 0. The number of rotatable bonds is 26. The van der Waals surface area contributed by atoms with Crippen LogP contribution in [-0.4, -0.2) is 72.4 Å². The monoisotopic (exact) mass is 534 g/mol. The number of carboxylic acids is 2. The Kier molecular flexibility index (Phi) is 35.8. The molecule has 0 aromatic rings. The van der Waals surface area contributed by atoms with Gasteiger partial charge in [-0.15, -0.1) is 0 Å². The summed E-state index contributed by atoms with van der Waals surface area (Å²) in [4.78, 5) is 35.0. The first kappa shape index (κ1) is 40.8. The van der Waals surface area contributed by atoms with Crippen LogP contribution < -0.4 is 64.4 Å². The molecule has 3 N–H and O–H groups in total. The molecule has 0 heterocycles. The number of carbonyl (C=O) groups is 3. The van der Waals surface area contributed by atoms with Gasteiger partial charge < -0.3 is 23.1 Å². The van der Waals surface area contributed by atoms with E-state index in [1.807, 2.05) is 0 Å². The van der Waals surface area contributed by atoms with E-state index in [4.69, 9.17) is 14.9 Å². The molecule has 8 nitrogen and oxygen atoms in total. The standard InChI is InChI=1S/C26H50N2O6.2Na.2H/c1-2-3-4-5-6-7-8-9-10-11-12-13-14-15-16-17-24(29)27-18-19-28(22-25(30)31)20-21-34-23-26(32)33;;;;/h2-23H2,1H3,(H,27,29)(H,30,31)(H,32,33);;;;/q;2*+1;2*-1. The van der Waals surface area contributed by atoms with Gasteiger partial charge in [0.1, 0.15) is 6.61 Å². The number of hydrogen-bond donors (Lipinski definition) is 3. The Morgan fingerprint density at radius 1 is 0.722 bits per heavy atom. The molecule has 0 saturated heterocycles. The molecule has 0 aliphatic heterocycles. The predicted molar refractivity (Wildman–Crippen MR) is 137 cm³/mol. The summed E-state index contributed by atoms with van der Waals surface area (Å²) in [5.41, 5.74) is 0. The Balaban J connectivity index is -0.000000907. The molecule has 0 radical (unpaired) electrons. The number of carboxylic acid groups (broad SMARTS) is 2. The maximum absolute atomic E-state index is 12.0. The molecule has 0 unspecified atom stereocenters. The average Bonchev–Trinajstić information content (AvgIpc) is 2.78. The number of nitrogens with zero attached hydrogens (tertiary/aromatic N) is 1. The van der Waals surface area contributed by atoms with Crippen LogP contribution in [0.15, 0.2) is 0 Å². The van der Waals surface area contributed by atoms with Gasteiger partial charge in [0, 0.05) is 26.1 Å². The number of carbonyl (C=O) groups excluding carboxylic acids is 1. The molecule has 0 aromatic carbocycles. The summed E-state index contributed by atoms with van der Waals surface area (Å²) in [6.45, 7) is 2.86. The Morgan fingerprint density at radius 3 is 1.64 bits per heavy atom. The zero-order valence-corrected chi connectivity index (χ0v) is 27.5. The van der Waals surface area contributed by atoms with Crippen molar-refractivity contribution in [1.29, 1.82) is 0 Å². The van der Waals surface area contributed by atoms with Crippen molar-refractivity contribution in [2.45, 2.75) is 110 Å². The second kappa shape index (κ2) is 31.5. The van der Waals surface area contributed by atoms with Gasteiger partial charge in [-0.2, -0.15) is 0 Å². The molecule has 0 aliphatic rings. The van der Waals surface area contributed by atoms with E-state index in [-0.39, 0.29) is 81.0 Å². The van der Waals surface area contributed by atoms with Gasteiger partial charge >= 0.3 is 71.1 Å². The Hall–Kier alpha value is 0.330. The van der Waals surface area contributed by atoms with Crippen LogP contribution >= 0.6 is 0 Å². The van der Waals surface area contributed by atoms with E-state index < -0.39 is 18.5 Å². The molecule has 0 saturated carbocycles. The summed E-state index contributed by atoms with van der Waals surface area (Å²) in [6.07, 6.45) is 19.9. The zero-order chi connectivity index (χ0) is 25.3. The zero-order valence-electron chi connectivity index (χ0n) is 25.5. The van der Waals surface area contributed by atoms with Crippen LogP contribution in [0.4, 0.5) is 0 Å². The number of nitrogens with one attached hydrogen (secondary N) is 1. The van der Waals surface area contributed by atoms with Gasteiger partial charge in [-0.25, -0.2) is 4.79 Å². The van der Waals surface area contributed by atoms with Gasteiger partial charge in [0.05, 0.1) is 13.2 Å². The predicted octanol–water partition coefficient (Wildman–Crippen LogP) is -0.915. The van der Waals surface area contributed by atoms with Gasteiger partial charge in [0.2, 0.25) is 5.91 Å². The fourth-order valence-corrected chi connectivity index (χ4v) is 3.91. The van der Waals surface area contributed by atoms with Gasteiger partial charge in [-0.3, -0.25) is 14.5 Å². The molecular weight excluding hydrogens is 482 g/mol. The van der Waals surface area contributed by atoms with E-state index in [9.17, 15) is 14.4 Å². The molecule has 0 rings (SSSR count). The van der Waals surface area contributed by atoms with E-state index in [2.05, 4.69) is 12.2 Å². The topological polar surface area (TPSA) is 116 Å². The van der Waals surface area contributed by atoms with E-state index in [0.717, 1.165) is 12.8 Å². The third kappa shape index (κ3) is 32.4. The molecule has 0 bridgehead atoms. The fraction of sp³-hybridized carbons (Fsp3) is 0.885. The summed E-state index contributed by atoms with van der Waals surface area (Å²) >= 11 is 0. The molecule has 0 spiro atoms. The van der Waals surface area contributed by atoms with E-state index in [0.29, 0.717) is 26.1 Å². The van der Waals surface area contributed by atoms with E-state index in [1.54, 1.807) is 4.90 Å². The van der Waals surface area contributed by atoms with Crippen molar-refractivity contribution in [3.05, 3.63) is 0 Å². The number of unbranched alkanes of at least 4 members (excludes halogenated alkanes) is 14. The minimum atomic E-state index is -1.06. The summed E-state index contributed by atoms with van der Waals surface area (Å²) in [6, 6.07) is 0. The molecule has 204 valence electrons. The summed E-state index contributed by atoms with van der Waals surface area (Å²) in [7, 11) is 0. The second-order valence-corrected chi connectivity index (χ2v) is 9.17. The summed E-state index contributed by atoms with van der Waals surface area (Å²) in [5, 5.41) is 20.4. The first-order valence-electron chi connectivity index (χ1n) is 13.5. The van der Waals surface area contributed by atoms with Crippen molar-refractivity contribution < 1.29 is 91.3 Å². The molecule has 0 fully saturated rings. The number of hydrogen-bond acceptors (Lipinski definition) is 5. The normalized spacial score (nSPS) is 10.5. The van der Waals surface area contributed by atoms with Gasteiger partial charge in [0.15, 0.2) is 0 Å². The third-order valence-electron chi connectivity index (χ3n) is 5.89. The maximum atomic E-state index is 12.0. The molecule has 0 aromatic heterocycles.